The third-order valence-corrected chi connectivity index (χ3v) is 4.42. The van der Waals surface area contributed by atoms with Gasteiger partial charge in [0.2, 0.25) is 0 Å². The zero-order chi connectivity index (χ0) is 12.9. The van der Waals surface area contributed by atoms with Crippen LogP contribution in [0.3, 0.4) is 0 Å². The van der Waals surface area contributed by atoms with E-state index < -0.39 is 0 Å². The van der Waals surface area contributed by atoms with Gasteiger partial charge in [0.05, 0.1) is 0 Å². The smallest absolute Gasteiger partial charge is 0.0104 e. The number of hydrogen-bond acceptors (Lipinski definition) is 2. The standard InChI is InChI=1S/C15H32N2/c1-6-17(5)12-11-16-14-9-7-13(8-10-14)15(2,3)4/h13-14,16H,6-12H2,1-5H3. The molecule has 0 atom stereocenters. The average Bonchev–Trinajstić information content (AvgIpc) is 2.28. The molecule has 1 fully saturated rings. The Morgan fingerprint density at radius 2 is 1.71 bits per heavy atom. The molecule has 0 saturated heterocycles. The molecule has 0 spiro atoms. The fraction of sp³-hybridized carbons (Fsp3) is 1.00. The summed E-state index contributed by atoms with van der Waals surface area (Å²) in [6.45, 7) is 12.9. The lowest BCUT2D eigenvalue weighted by atomic mass is 9.71. The van der Waals surface area contributed by atoms with Crippen molar-refractivity contribution in [3.63, 3.8) is 0 Å². The van der Waals surface area contributed by atoms with E-state index in [9.17, 15) is 0 Å². The average molecular weight is 240 g/mol. The zero-order valence-electron chi connectivity index (χ0n) is 12.6. The normalized spacial score (nSPS) is 26.5. The molecule has 0 aromatic carbocycles. The topological polar surface area (TPSA) is 15.3 Å². The molecule has 0 amide bonds. The van der Waals surface area contributed by atoms with Gasteiger partial charge in [0.1, 0.15) is 0 Å². The minimum absolute atomic E-state index is 0.507. The van der Waals surface area contributed by atoms with Gasteiger partial charge in [-0.3, -0.25) is 0 Å². The predicted octanol–water partition coefficient (Wildman–Crippen LogP) is 3.13. The molecule has 17 heavy (non-hydrogen) atoms. The van der Waals surface area contributed by atoms with Gasteiger partial charge in [-0.25, -0.2) is 0 Å². The Hall–Kier alpha value is -0.0800. The van der Waals surface area contributed by atoms with Crippen molar-refractivity contribution < 1.29 is 0 Å². The van der Waals surface area contributed by atoms with Crippen LogP contribution in [0.1, 0.15) is 53.4 Å². The van der Waals surface area contributed by atoms with E-state index in [0.717, 1.165) is 25.0 Å². The molecule has 1 aliphatic carbocycles. The van der Waals surface area contributed by atoms with Gasteiger partial charge in [-0.1, -0.05) is 27.7 Å². The van der Waals surface area contributed by atoms with Gasteiger partial charge >= 0.3 is 0 Å². The third-order valence-electron chi connectivity index (χ3n) is 4.42. The highest BCUT2D eigenvalue weighted by Gasteiger charge is 2.29. The molecule has 2 nitrogen and oxygen atoms in total. The maximum Gasteiger partial charge on any atom is 0.0104 e. The molecular formula is C15H32N2. The first-order chi connectivity index (χ1) is 7.93. The number of hydrogen-bond donors (Lipinski definition) is 1. The summed E-state index contributed by atoms with van der Waals surface area (Å²) in [6.07, 6.45) is 5.56. The Kier molecular flexibility index (Phi) is 5.94. The largest absolute Gasteiger partial charge is 0.313 e. The van der Waals surface area contributed by atoms with Gasteiger partial charge in [-0.15, -0.1) is 0 Å². The van der Waals surface area contributed by atoms with Gasteiger partial charge < -0.3 is 10.2 Å². The molecule has 1 N–H and O–H groups in total. The SMILES string of the molecule is CCN(C)CCNC1CCC(C(C)(C)C)CC1. The first kappa shape index (κ1) is 15.0. The zero-order valence-corrected chi connectivity index (χ0v) is 12.6. The number of nitrogens with one attached hydrogen (secondary N) is 1. The molecule has 0 bridgehead atoms. The van der Waals surface area contributed by atoms with Gasteiger partial charge in [0.15, 0.2) is 0 Å². The van der Waals surface area contributed by atoms with Crippen LogP contribution in [0.4, 0.5) is 0 Å². The minimum atomic E-state index is 0.507. The highest BCUT2D eigenvalue weighted by Crippen LogP contribution is 2.37. The van der Waals surface area contributed by atoms with Crippen LogP contribution in [0.15, 0.2) is 0 Å². The first-order valence-electron chi connectivity index (χ1n) is 7.35. The number of likely N-dealkylation sites (N-methyl/N-ethyl adjacent to an activating group) is 1. The second-order valence-corrected chi connectivity index (χ2v) is 6.76. The lowest BCUT2D eigenvalue weighted by Gasteiger charge is -2.37. The third kappa shape index (κ3) is 5.39. The van der Waals surface area contributed by atoms with E-state index in [-0.39, 0.29) is 0 Å². The fourth-order valence-corrected chi connectivity index (χ4v) is 2.78. The van der Waals surface area contributed by atoms with Crippen molar-refractivity contribution in [2.45, 2.75) is 59.4 Å². The maximum absolute atomic E-state index is 3.72. The molecule has 1 rings (SSSR count). The van der Waals surface area contributed by atoms with Crippen molar-refractivity contribution in [1.82, 2.24) is 10.2 Å². The summed E-state index contributed by atoms with van der Waals surface area (Å²) in [6, 6.07) is 0.777. The number of rotatable bonds is 5. The Morgan fingerprint density at radius 3 is 2.18 bits per heavy atom. The first-order valence-corrected chi connectivity index (χ1v) is 7.35. The molecule has 0 radical (unpaired) electrons. The summed E-state index contributed by atoms with van der Waals surface area (Å²) in [5.41, 5.74) is 0.507. The van der Waals surface area contributed by atoms with Crippen molar-refractivity contribution in [2.75, 3.05) is 26.7 Å². The van der Waals surface area contributed by atoms with Gasteiger partial charge in [0, 0.05) is 19.1 Å². The summed E-state index contributed by atoms with van der Waals surface area (Å²) in [7, 11) is 2.19. The summed E-state index contributed by atoms with van der Waals surface area (Å²) in [5, 5.41) is 3.72. The van der Waals surface area contributed by atoms with Crippen LogP contribution in [0.5, 0.6) is 0 Å². The highest BCUT2D eigenvalue weighted by molar-refractivity contribution is 4.83. The van der Waals surface area contributed by atoms with E-state index in [1.807, 2.05) is 0 Å². The summed E-state index contributed by atoms with van der Waals surface area (Å²) in [4.78, 5) is 2.37. The van der Waals surface area contributed by atoms with Crippen LogP contribution in [0.2, 0.25) is 0 Å². The van der Waals surface area contributed by atoms with Crippen LogP contribution in [0, 0.1) is 11.3 Å². The second-order valence-electron chi connectivity index (χ2n) is 6.76. The van der Waals surface area contributed by atoms with Crippen LogP contribution < -0.4 is 5.32 Å². The highest BCUT2D eigenvalue weighted by atomic mass is 15.1. The molecule has 2 heteroatoms. The monoisotopic (exact) mass is 240 g/mol. The van der Waals surface area contributed by atoms with Crippen LogP contribution in [-0.2, 0) is 0 Å². The van der Waals surface area contributed by atoms with Crippen LogP contribution >= 0.6 is 0 Å². The molecule has 0 aliphatic heterocycles. The molecule has 1 aliphatic rings. The molecule has 0 heterocycles. The molecule has 102 valence electrons. The number of nitrogens with zero attached hydrogens (tertiary/aromatic N) is 1. The summed E-state index contributed by atoms with van der Waals surface area (Å²) < 4.78 is 0. The van der Waals surface area contributed by atoms with E-state index in [2.05, 4.69) is 45.0 Å². The van der Waals surface area contributed by atoms with Crippen molar-refractivity contribution in [2.24, 2.45) is 11.3 Å². The maximum atomic E-state index is 3.72. The Labute approximate surface area is 108 Å². The van der Waals surface area contributed by atoms with Crippen LogP contribution in [-0.4, -0.2) is 37.6 Å². The van der Waals surface area contributed by atoms with E-state index in [1.165, 1.54) is 32.2 Å². The molecular weight excluding hydrogens is 208 g/mol. The van der Waals surface area contributed by atoms with E-state index in [0.29, 0.717) is 5.41 Å². The second kappa shape index (κ2) is 6.75. The molecule has 1 saturated carbocycles. The van der Waals surface area contributed by atoms with Crippen molar-refractivity contribution in [3.8, 4) is 0 Å². The van der Waals surface area contributed by atoms with Crippen molar-refractivity contribution in [1.29, 1.82) is 0 Å². The van der Waals surface area contributed by atoms with Gasteiger partial charge in [-0.2, -0.15) is 0 Å². The summed E-state index contributed by atoms with van der Waals surface area (Å²) >= 11 is 0. The van der Waals surface area contributed by atoms with E-state index >= 15 is 0 Å². The minimum Gasteiger partial charge on any atom is -0.313 e. The van der Waals surface area contributed by atoms with E-state index in [1.54, 1.807) is 0 Å². The van der Waals surface area contributed by atoms with Crippen LogP contribution in [0.25, 0.3) is 0 Å². The van der Waals surface area contributed by atoms with E-state index in [4.69, 9.17) is 0 Å². The Morgan fingerprint density at radius 1 is 1.12 bits per heavy atom. The van der Waals surface area contributed by atoms with Crippen molar-refractivity contribution in [3.05, 3.63) is 0 Å². The summed E-state index contributed by atoms with van der Waals surface area (Å²) in [5.74, 6) is 0.930. The molecule has 0 aromatic heterocycles. The van der Waals surface area contributed by atoms with Gasteiger partial charge in [-0.05, 0) is 50.6 Å². The lowest BCUT2D eigenvalue weighted by Crippen LogP contribution is -2.39. The Balaban J connectivity index is 2.15. The quantitative estimate of drug-likeness (QED) is 0.794. The lowest BCUT2D eigenvalue weighted by molar-refractivity contribution is 0.159. The fourth-order valence-electron chi connectivity index (χ4n) is 2.78. The molecule has 0 aromatic rings. The predicted molar refractivity (Wildman–Crippen MR) is 76.4 cm³/mol. The Bertz CT molecular complexity index is 199. The van der Waals surface area contributed by atoms with Gasteiger partial charge in [0.25, 0.3) is 0 Å². The molecule has 0 unspecified atom stereocenters. The van der Waals surface area contributed by atoms with Crippen molar-refractivity contribution >= 4 is 0 Å².